The molecule has 0 unspecified atom stereocenters. The van der Waals surface area contributed by atoms with E-state index in [1.165, 1.54) is 0 Å². The number of alkyl halides is 6. The van der Waals surface area contributed by atoms with Crippen LogP contribution < -0.4 is 5.32 Å². The summed E-state index contributed by atoms with van der Waals surface area (Å²) in [7, 11) is 0. The first-order valence-corrected chi connectivity index (χ1v) is 11.9. The highest BCUT2D eigenvalue weighted by atomic mass is 19.4. The molecule has 0 aromatic heterocycles. The fourth-order valence-corrected chi connectivity index (χ4v) is 4.80. The van der Waals surface area contributed by atoms with Gasteiger partial charge in [-0.05, 0) is 43.4 Å². The lowest BCUT2D eigenvalue weighted by Crippen LogP contribution is -2.57. The van der Waals surface area contributed by atoms with Crippen molar-refractivity contribution in [2.45, 2.75) is 57.3 Å². The van der Waals surface area contributed by atoms with E-state index >= 15 is 0 Å². The van der Waals surface area contributed by atoms with E-state index < -0.39 is 47.0 Å². The first kappa shape index (κ1) is 28.5. The normalized spacial score (nSPS) is 18.0. The summed E-state index contributed by atoms with van der Waals surface area (Å²) in [5, 5.41) is 14.2. The molecular formula is C23H28F6N4O4. The number of nitrogens with zero attached hydrogens (tertiary/aromatic N) is 3. The first-order valence-electron chi connectivity index (χ1n) is 11.9. The van der Waals surface area contributed by atoms with Crippen molar-refractivity contribution in [3.63, 3.8) is 0 Å². The number of hydrogen-bond donors (Lipinski definition) is 2. The predicted molar refractivity (Wildman–Crippen MR) is 118 cm³/mol. The quantitative estimate of drug-likeness (QED) is 0.218. The Morgan fingerprint density at radius 3 is 2.03 bits per heavy atom. The number of amides is 4. The van der Waals surface area contributed by atoms with E-state index in [1.807, 2.05) is 0 Å². The Labute approximate surface area is 209 Å². The summed E-state index contributed by atoms with van der Waals surface area (Å²) in [5.41, 5.74) is -3.90. The molecule has 1 aliphatic heterocycles. The molecule has 1 aromatic carbocycles. The highest BCUT2D eigenvalue weighted by molar-refractivity contribution is 5.91. The lowest BCUT2D eigenvalue weighted by atomic mass is 9.92. The van der Waals surface area contributed by atoms with Crippen LogP contribution >= 0.6 is 0 Å². The van der Waals surface area contributed by atoms with E-state index in [1.54, 1.807) is 0 Å². The molecule has 4 amide bonds. The maximum absolute atomic E-state index is 13.4. The van der Waals surface area contributed by atoms with E-state index in [0.717, 1.165) is 35.7 Å². The lowest BCUT2D eigenvalue weighted by Gasteiger charge is -2.40. The standard InChI is InChI=1S/C23H28F6N4O4/c24-22(25,26)17-10-18(23(27,28)29)12-19(11-17)30-21(36)33-8-4-3-7-32(33)20(35)16(13-31(37)14-34)9-15-5-1-2-6-15/h10-12,14-16,37H,1-9,13H2,(H,30,36)/t16-/m1/s1. The third-order valence-corrected chi connectivity index (χ3v) is 6.58. The smallest absolute Gasteiger partial charge is 0.306 e. The number of rotatable bonds is 7. The molecule has 2 aliphatic rings. The number of carbonyl (C=O) groups excluding carboxylic acids is 3. The molecule has 1 aliphatic carbocycles. The fourth-order valence-electron chi connectivity index (χ4n) is 4.80. The van der Waals surface area contributed by atoms with E-state index in [0.29, 0.717) is 36.5 Å². The molecule has 1 saturated carbocycles. The number of carbonyl (C=O) groups is 3. The summed E-state index contributed by atoms with van der Waals surface area (Å²) in [6.45, 7) is -0.237. The zero-order valence-corrected chi connectivity index (χ0v) is 19.8. The molecule has 0 radical (unpaired) electrons. The first-order chi connectivity index (χ1) is 17.3. The Hall–Kier alpha value is -3.03. The van der Waals surface area contributed by atoms with Crippen molar-refractivity contribution >= 4 is 24.0 Å². The molecule has 1 atom stereocenters. The van der Waals surface area contributed by atoms with Crippen molar-refractivity contribution < 1.29 is 45.9 Å². The molecule has 1 aromatic rings. The average Bonchev–Trinajstić information content (AvgIpc) is 3.35. The van der Waals surface area contributed by atoms with Gasteiger partial charge in [-0.2, -0.15) is 26.3 Å². The summed E-state index contributed by atoms with van der Waals surface area (Å²) < 4.78 is 79.2. The Bertz CT molecular complexity index is 949. The van der Waals surface area contributed by atoms with Gasteiger partial charge in [-0.15, -0.1) is 0 Å². The number of nitrogens with one attached hydrogen (secondary N) is 1. The minimum atomic E-state index is -5.09. The van der Waals surface area contributed by atoms with Gasteiger partial charge in [-0.3, -0.25) is 14.8 Å². The van der Waals surface area contributed by atoms with Crippen LogP contribution in [0.5, 0.6) is 0 Å². The average molecular weight is 538 g/mol. The maximum atomic E-state index is 13.4. The zero-order chi connectivity index (χ0) is 27.4. The number of anilines is 1. The van der Waals surface area contributed by atoms with E-state index in [2.05, 4.69) is 5.32 Å². The van der Waals surface area contributed by atoms with Crippen LogP contribution in [0.25, 0.3) is 0 Å². The number of hydrazine groups is 1. The third-order valence-electron chi connectivity index (χ3n) is 6.58. The molecule has 37 heavy (non-hydrogen) atoms. The monoisotopic (exact) mass is 538 g/mol. The molecule has 2 N–H and O–H groups in total. The van der Waals surface area contributed by atoms with Crippen LogP contribution in [0.2, 0.25) is 0 Å². The second kappa shape index (κ2) is 11.6. The van der Waals surface area contributed by atoms with Crippen LogP contribution in [0.4, 0.5) is 36.8 Å². The van der Waals surface area contributed by atoms with Gasteiger partial charge >= 0.3 is 18.4 Å². The predicted octanol–water partition coefficient (Wildman–Crippen LogP) is 5.14. The van der Waals surface area contributed by atoms with Crippen LogP contribution in [0.1, 0.15) is 56.1 Å². The van der Waals surface area contributed by atoms with Crippen molar-refractivity contribution in [2.24, 2.45) is 11.8 Å². The second-order valence-corrected chi connectivity index (χ2v) is 9.33. The fraction of sp³-hybridized carbons (Fsp3) is 0.609. The molecule has 2 fully saturated rings. The summed E-state index contributed by atoms with van der Waals surface area (Å²) in [4.78, 5) is 37.4. The number of halogens is 6. The number of urea groups is 1. The highest BCUT2D eigenvalue weighted by Crippen LogP contribution is 2.38. The van der Waals surface area contributed by atoms with Crippen LogP contribution in [0.3, 0.4) is 0 Å². The van der Waals surface area contributed by atoms with Crippen LogP contribution in [0, 0.1) is 11.8 Å². The molecule has 1 saturated heterocycles. The van der Waals surface area contributed by atoms with Gasteiger partial charge in [0, 0.05) is 18.8 Å². The maximum Gasteiger partial charge on any atom is 0.416 e. The van der Waals surface area contributed by atoms with Gasteiger partial charge in [0.25, 0.3) is 0 Å². The molecule has 3 rings (SSSR count). The number of benzene rings is 1. The Balaban J connectivity index is 1.83. The summed E-state index contributed by atoms with van der Waals surface area (Å²) in [6.07, 6.45) is -5.00. The van der Waals surface area contributed by atoms with E-state index in [9.17, 15) is 45.9 Å². The Morgan fingerprint density at radius 1 is 0.973 bits per heavy atom. The summed E-state index contributed by atoms with van der Waals surface area (Å²) in [6, 6.07) is -0.343. The van der Waals surface area contributed by atoms with Crippen LogP contribution in [-0.2, 0) is 21.9 Å². The minimum absolute atomic E-state index is 0.00463. The molecule has 206 valence electrons. The van der Waals surface area contributed by atoms with Gasteiger partial charge < -0.3 is 5.32 Å². The largest absolute Gasteiger partial charge is 0.416 e. The van der Waals surface area contributed by atoms with Crippen molar-refractivity contribution in [3.8, 4) is 0 Å². The topological polar surface area (TPSA) is 93.2 Å². The van der Waals surface area contributed by atoms with Gasteiger partial charge in [0.05, 0.1) is 23.6 Å². The van der Waals surface area contributed by atoms with Crippen molar-refractivity contribution in [1.29, 1.82) is 0 Å². The minimum Gasteiger partial charge on any atom is -0.306 e. The summed E-state index contributed by atoms with van der Waals surface area (Å²) >= 11 is 0. The SMILES string of the molecule is O=CN(O)C[C@@H](CC1CCCC1)C(=O)N1CCCCN1C(=O)Nc1cc(C(F)(F)F)cc(C(F)(F)F)c1. The number of hydrogen-bond acceptors (Lipinski definition) is 4. The van der Waals surface area contributed by atoms with Crippen LogP contribution in [0.15, 0.2) is 18.2 Å². The van der Waals surface area contributed by atoms with E-state index in [4.69, 9.17) is 0 Å². The zero-order valence-electron chi connectivity index (χ0n) is 19.8. The second-order valence-electron chi connectivity index (χ2n) is 9.33. The van der Waals surface area contributed by atoms with Gasteiger partial charge in [0.15, 0.2) is 0 Å². The van der Waals surface area contributed by atoms with E-state index in [-0.39, 0.29) is 38.0 Å². The van der Waals surface area contributed by atoms with Gasteiger partial charge in [0.2, 0.25) is 12.3 Å². The van der Waals surface area contributed by atoms with Gasteiger partial charge in [0.1, 0.15) is 0 Å². The van der Waals surface area contributed by atoms with Crippen molar-refractivity contribution in [1.82, 2.24) is 15.1 Å². The Morgan fingerprint density at radius 2 is 1.51 bits per heavy atom. The highest BCUT2D eigenvalue weighted by Gasteiger charge is 2.38. The summed E-state index contributed by atoms with van der Waals surface area (Å²) in [5.74, 6) is -1.23. The molecule has 0 spiro atoms. The molecule has 8 nitrogen and oxygen atoms in total. The lowest BCUT2D eigenvalue weighted by molar-refractivity contribution is -0.164. The molecule has 1 heterocycles. The van der Waals surface area contributed by atoms with Crippen LogP contribution in [-0.4, -0.2) is 58.3 Å². The van der Waals surface area contributed by atoms with Gasteiger partial charge in [-0.25, -0.2) is 19.9 Å². The van der Waals surface area contributed by atoms with Gasteiger partial charge in [-0.1, -0.05) is 25.7 Å². The third kappa shape index (κ3) is 7.49. The number of hydroxylamine groups is 2. The Kier molecular flexibility index (Phi) is 8.92. The molecular weight excluding hydrogens is 510 g/mol. The van der Waals surface area contributed by atoms with Crippen molar-refractivity contribution in [2.75, 3.05) is 25.0 Å². The molecule has 0 bridgehead atoms. The van der Waals surface area contributed by atoms with Crippen molar-refractivity contribution in [3.05, 3.63) is 29.3 Å². The molecule has 14 heteroatoms.